The molecule has 0 saturated heterocycles. The van der Waals surface area contributed by atoms with Crippen molar-refractivity contribution >= 4 is 17.2 Å². The van der Waals surface area contributed by atoms with Gasteiger partial charge in [-0.2, -0.15) is 0 Å². The van der Waals surface area contributed by atoms with Gasteiger partial charge in [0.25, 0.3) is 0 Å². The molecule has 0 N–H and O–H groups in total. The summed E-state index contributed by atoms with van der Waals surface area (Å²) in [5.74, 6) is 1.13. The van der Waals surface area contributed by atoms with Crippen molar-refractivity contribution in [2.75, 3.05) is 11.6 Å². The Kier molecular flexibility index (Phi) is 4.20. The summed E-state index contributed by atoms with van der Waals surface area (Å²) in [6, 6.07) is 24.6. The van der Waals surface area contributed by atoms with Crippen molar-refractivity contribution < 1.29 is 0 Å². The van der Waals surface area contributed by atoms with Crippen LogP contribution in [0.1, 0.15) is 40.8 Å². The summed E-state index contributed by atoms with van der Waals surface area (Å²) < 4.78 is 0. The zero-order chi connectivity index (χ0) is 20.1. The van der Waals surface area contributed by atoms with Crippen LogP contribution in [0.4, 0.5) is 11.4 Å². The van der Waals surface area contributed by atoms with E-state index in [0.717, 1.165) is 12.5 Å². The van der Waals surface area contributed by atoms with Crippen LogP contribution >= 0.6 is 0 Å². The number of hydrogen-bond acceptors (Lipinski definition) is 3. The Morgan fingerprint density at radius 2 is 1.52 bits per heavy atom. The maximum absolute atomic E-state index is 5.11. The van der Waals surface area contributed by atoms with E-state index in [9.17, 15) is 0 Å². The third-order valence-electron chi connectivity index (χ3n) is 6.17. The lowest BCUT2D eigenvalue weighted by Gasteiger charge is -2.42. The summed E-state index contributed by atoms with van der Waals surface area (Å²) in [5, 5.41) is 0. The molecule has 3 aromatic carbocycles. The molecular weight excluding hydrogens is 354 g/mol. The molecule has 0 saturated carbocycles. The van der Waals surface area contributed by atoms with E-state index in [0.29, 0.717) is 0 Å². The van der Waals surface area contributed by atoms with Crippen molar-refractivity contribution in [2.45, 2.75) is 39.8 Å². The van der Waals surface area contributed by atoms with Crippen molar-refractivity contribution in [3.8, 4) is 0 Å². The molecule has 0 spiro atoms. The maximum Gasteiger partial charge on any atom is 0.135 e. The van der Waals surface area contributed by atoms with Gasteiger partial charge in [0.1, 0.15) is 5.84 Å². The Balaban J connectivity index is 1.67. The largest absolute Gasteiger partial charge is 0.329 e. The number of aryl methyl sites for hydroxylation is 3. The first-order valence-corrected chi connectivity index (χ1v) is 10.4. The van der Waals surface area contributed by atoms with Crippen molar-refractivity contribution in [3.63, 3.8) is 0 Å². The number of rotatable bonds is 2. The van der Waals surface area contributed by atoms with Crippen LogP contribution in [0.5, 0.6) is 0 Å². The van der Waals surface area contributed by atoms with Crippen LogP contribution in [0.2, 0.25) is 0 Å². The molecule has 0 bridgehead atoms. The van der Waals surface area contributed by atoms with Crippen LogP contribution in [0.25, 0.3) is 0 Å². The number of para-hydroxylation sites is 1. The van der Waals surface area contributed by atoms with Crippen molar-refractivity contribution in [1.29, 1.82) is 0 Å². The smallest absolute Gasteiger partial charge is 0.135 e. The minimum absolute atomic E-state index is 0.223. The van der Waals surface area contributed by atoms with Crippen molar-refractivity contribution in [2.24, 2.45) is 4.99 Å². The molecule has 3 aromatic rings. The fourth-order valence-electron chi connectivity index (χ4n) is 5.13. The predicted octanol–water partition coefficient (Wildman–Crippen LogP) is 5.91. The van der Waals surface area contributed by atoms with Gasteiger partial charge in [-0.25, -0.2) is 0 Å². The van der Waals surface area contributed by atoms with E-state index in [1.54, 1.807) is 0 Å². The molecule has 0 aromatic heterocycles. The predicted molar refractivity (Wildman–Crippen MR) is 121 cm³/mol. The molecule has 5 rings (SSSR count). The molecule has 0 amide bonds. The minimum Gasteiger partial charge on any atom is -0.329 e. The number of nitrogens with zero attached hydrogens (tertiary/aromatic N) is 3. The molecule has 0 radical (unpaired) electrons. The van der Waals surface area contributed by atoms with E-state index in [1.165, 1.54) is 39.2 Å². The van der Waals surface area contributed by atoms with E-state index >= 15 is 0 Å². The molecule has 2 heterocycles. The van der Waals surface area contributed by atoms with Gasteiger partial charge in [0, 0.05) is 11.3 Å². The van der Waals surface area contributed by atoms with E-state index in [2.05, 4.69) is 104 Å². The van der Waals surface area contributed by atoms with Gasteiger partial charge in [-0.1, -0.05) is 60.2 Å². The van der Waals surface area contributed by atoms with E-state index in [4.69, 9.17) is 4.99 Å². The van der Waals surface area contributed by atoms with Crippen LogP contribution in [0.3, 0.4) is 0 Å². The number of aliphatic imine (C=N–C) groups is 1. The van der Waals surface area contributed by atoms with Gasteiger partial charge in [0.2, 0.25) is 0 Å². The second-order valence-corrected chi connectivity index (χ2v) is 8.35. The van der Waals surface area contributed by atoms with Crippen LogP contribution in [0, 0.1) is 20.8 Å². The second kappa shape index (κ2) is 6.77. The zero-order valence-corrected chi connectivity index (χ0v) is 17.6. The molecule has 0 aliphatic carbocycles. The van der Waals surface area contributed by atoms with Crippen molar-refractivity contribution in [1.82, 2.24) is 4.90 Å². The quantitative estimate of drug-likeness (QED) is 0.549. The normalized spacial score (nSPS) is 20.3. The van der Waals surface area contributed by atoms with Gasteiger partial charge in [-0.05, 0) is 56.5 Å². The minimum atomic E-state index is 0.223. The molecule has 0 fully saturated rings. The Morgan fingerprint density at radius 1 is 0.862 bits per heavy atom. The molecular formula is C26H27N3. The monoisotopic (exact) mass is 381 g/mol. The number of hydrogen-bond donors (Lipinski definition) is 0. The summed E-state index contributed by atoms with van der Waals surface area (Å²) in [6.45, 7) is 9.67. The second-order valence-electron chi connectivity index (χ2n) is 8.35. The lowest BCUT2D eigenvalue weighted by Crippen LogP contribution is -2.45. The highest BCUT2D eigenvalue weighted by Gasteiger charge is 2.40. The SMILES string of the molecule is Cc1cc(C)c(N2CN3C(=N[C@@H](C)[C@@H]3c3ccccc3)c3ccccc32)c(C)c1. The Morgan fingerprint density at radius 3 is 2.24 bits per heavy atom. The highest BCUT2D eigenvalue weighted by molar-refractivity contribution is 6.07. The molecule has 146 valence electrons. The fraction of sp³-hybridized carbons (Fsp3) is 0.269. The summed E-state index contributed by atoms with van der Waals surface area (Å²) >= 11 is 0. The van der Waals surface area contributed by atoms with Gasteiger partial charge in [-0.3, -0.25) is 4.99 Å². The zero-order valence-electron chi connectivity index (χ0n) is 17.6. The maximum atomic E-state index is 5.11. The Labute approximate surface area is 173 Å². The lowest BCUT2D eigenvalue weighted by atomic mass is 9.98. The van der Waals surface area contributed by atoms with Gasteiger partial charge in [0.05, 0.1) is 24.4 Å². The average Bonchev–Trinajstić information content (AvgIpc) is 3.04. The standard InChI is InChI=1S/C26H27N3/c1-17-14-18(2)24(19(3)15-17)28-16-29-25(21-10-6-5-7-11-21)20(4)27-26(29)22-12-8-9-13-23(22)28/h5-15,20,25H,16H2,1-4H3/t20-,25+/m0/s1. The highest BCUT2D eigenvalue weighted by atomic mass is 15.4. The number of amidine groups is 1. The Hall–Kier alpha value is -3.07. The molecule has 3 nitrogen and oxygen atoms in total. The van der Waals surface area contributed by atoms with Gasteiger partial charge < -0.3 is 9.80 Å². The third kappa shape index (κ3) is 2.84. The molecule has 3 heteroatoms. The van der Waals surface area contributed by atoms with Crippen LogP contribution in [0.15, 0.2) is 71.7 Å². The van der Waals surface area contributed by atoms with Gasteiger partial charge >= 0.3 is 0 Å². The van der Waals surface area contributed by atoms with Gasteiger partial charge in [-0.15, -0.1) is 0 Å². The first-order valence-electron chi connectivity index (χ1n) is 10.4. The highest BCUT2D eigenvalue weighted by Crippen LogP contribution is 2.43. The number of anilines is 2. The molecule has 0 unspecified atom stereocenters. The molecule has 2 atom stereocenters. The van der Waals surface area contributed by atoms with E-state index in [1.807, 2.05) is 0 Å². The summed E-state index contributed by atoms with van der Waals surface area (Å²) in [4.78, 5) is 10.1. The third-order valence-corrected chi connectivity index (χ3v) is 6.17. The van der Waals surface area contributed by atoms with E-state index < -0.39 is 0 Å². The number of fused-ring (bicyclic) bond motifs is 3. The molecule has 2 aliphatic rings. The van der Waals surface area contributed by atoms with Gasteiger partial charge in [0.15, 0.2) is 0 Å². The number of benzene rings is 3. The summed E-state index contributed by atoms with van der Waals surface area (Å²) in [6.07, 6.45) is 0. The summed E-state index contributed by atoms with van der Waals surface area (Å²) in [7, 11) is 0. The summed E-state index contributed by atoms with van der Waals surface area (Å²) in [5.41, 5.74) is 9.07. The molecule has 29 heavy (non-hydrogen) atoms. The van der Waals surface area contributed by atoms with Crippen molar-refractivity contribution in [3.05, 3.63) is 94.5 Å². The topological polar surface area (TPSA) is 18.8 Å². The van der Waals surface area contributed by atoms with Crippen LogP contribution in [-0.4, -0.2) is 23.4 Å². The Bertz CT molecular complexity index is 1080. The van der Waals surface area contributed by atoms with E-state index in [-0.39, 0.29) is 12.1 Å². The van der Waals surface area contributed by atoms with Crippen LogP contribution < -0.4 is 4.90 Å². The fourth-order valence-corrected chi connectivity index (χ4v) is 5.13. The first kappa shape index (κ1) is 18.0. The average molecular weight is 382 g/mol. The van der Waals surface area contributed by atoms with Crippen LogP contribution in [-0.2, 0) is 0 Å². The molecule has 2 aliphatic heterocycles. The first-order chi connectivity index (χ1) is 14.0. The lowest BCUT2D eigenvalue weighted by molar-refractivity contribution is 0.319.